The lowest BCUT2D eigenvalue weighted by Crippen LogP contribution is -2.44. The maximum atomic E-state index is 5.59. The van der Waals surface area contributed by atoms with Gasteiger partial charge in [0.2, 0.25) is 0 Å². The second-order valence-electron chi connectivity index (χ2n) is 6.88. The molecule has 0 aliphatic carbocycles. The highest BCUT2D eigenvalue weighted by molar-refractivity contribution is 7.80. The van der Waals surface area contributed by atoms with Crippen LogP contribution in [0.15, 0.2) is 54.9 Å². The van der Waals surface area contributed by atoms with E-state index in [1.165, 1.54) is 5.56 Å². The number of benzene rings is 2. The highest BCUT2D eigenvalue weighted by Crippen LogP contribution is 2.24. The third kappa shape index (κ3) is 4.67. The van der Waals surface area contributed by atoms with Gasteiger partial charge in [0, 0.05) is 26.2 Å². The summed E-state index contributed by atoms with van der Waals surface area (Å²) < 4.78 is 5.40. The first-order valence-electron chi connectivity index (χ1n) is 9.62. The van der Waals surface area contributed by atoms with Gasteiger partial charge in [-0.25, -0.2) is 4.98 Å². The standard InChI is InChI=1S/C21H25N5OS/c28-21(22-8-9-26-10-12-27-13-11-26)25-20(16-4-2-1-3-5-16)17-6-7-18-19(14-17)24-15-23-18/h1-7,14-15,20H,8-13H2,(H,23,24)(H2,22,25,28). The summed E-state index contributed by atoms with van der Waals surface area (Å²) in [6.07, 6.45) is 1.72. The van der Waals surface area contributed by atoms with Crippen molar-refractivity contribution in [1.82, 2.24) is 25.5 Å². The summed E-state index contributed by atoms with van der Waals surface area (Å²) >= 11 is 5.59. The number of nitrogens with one attached hydrogen (secondary N) is 3. The van der Waals surface area contributed by atoms with E-state index in [2.05, 4.69) is 49.8 Å². The van der Waals surface area contributed by atoms with Crippen molar-refractivity contribution < 1.29 is 4.74 Å². The Kier molecular flexibility index (Phi) is 6.16. The van der Waals surface area contributed by atoms with E-state index in [1.54, 1.807) is 6.33 Å². The molecule has 1 saturated heterocycles. The molecule has 28 heavy (non-hydrogen) atoms. The number of aromatic amines is 1. The largest absolute Gasteiger partial charge is 0.379 e. The zero-order valence-electron chi connectivity index (χ0n) is 15.7. The van der Waals surface area contributed by atoms with Crippen molar-refractivity contribution in [3.05, 3.63) is 66.0 Å². The molecule has 0 bridgehead atoms. The van der Waals surface area contributed by atoms with Gasteiger partial charge in [-0.2, -0.15) is 0 Å². The number of H-pyrrole nitrogens is 1. The van der Waals surface area contributed by atoms with Crippen molar-refractivity contribution in [3.8, 4) is 0 Å². The zero-order chi connectivity index (χ0) is 19.2. The highest BCUT2D eigenvalue weighted by Gasteiger charge is 2.16. The van der Waals surface area contributed by atoms with Gasteiger partial charge in [0.1, 0.15) is 0 Å². The first kappa shape index (κ1) is 18.9. The number of fused-ring (bicyclic) bond motifs is 1. The molecule has 0 saturated carbocycles. The Bertz CT molecular complexity index is 907. The third-order valence-corrected chi connectivity index (χ3v) is 5.27. The highest BCUT2D eigenvalue weighted by atomic mass is 32.1. The minimum atomic E-state index is -0.0303. The molecule has 0 spiro atoms. The molecule has 2 aromatic carbocycles. The van der Waals surface area contributed by atoms with Crippen LogP contribution in [0.4, 0.5) is 0 Å². The van der Waals surface area contributed by atoms with Gasteiger partial charge < -0.3 is 20.4 Å². The molecule has 1 atom stereocenters. The Balaban J connectivity index is 1.44. The fraction of sp³-hybridized carbons (Fsp3) is 0.333. The van der Waals surface area contributed by atoms with E-state index >= 15 is 0 Å². The number of imidazole rings is 1. The number of rotatable bonds is 6. The van der Waals surface area contributed by atoms with Crippen LogP contribution >= 0.6 is 12.2 Å². The van der Waals surface area contributed by atoms with Crippen LogP contribution in [0.1, 0.15) is 17.2 Å². The van der Waals surface area contributed by atoms with Crippen molar-refractivity contribution in [3.63, 3.8) is 0 Å². The normalized spacial score (nSPS) is 16.0. The molecule has 0 amide bonds. The fourth-order valence-electron chi connectivity index (χ4n) is 3.47. The molecule has 1 aromatic heterocycles. The molecule has 146 valence electrons. The summed E-state index contributed by atoms with van der Waals surface area (Å²) in [6.45, 7) is 5.37. The molecule has 3 aromatic rings. The van der Waals surface area contributed by atoms with Crippen molar-refractivity contribution in [2.24, 2.45) is 0 Å². The number of hydrogen-bond donors (Lipinski definition) is 3. The predicted octanol–water partition coefficient (Wildman–Crippen LogP) is 2.45. The molecule has 2 heterocycles. The molecule has 3 N–H and O–H groups in total. The number of hydrogen-bond acceptors (Lipinski definition) is 4. The maximum Gasteiger partial charge on any atom is 0.167 e. The van der Waals surface area contributed by atoms with E-state index in [0.717, 1.165) is 56.0 Å². The second kappa shape index (κ2) is 9.14. The Morgan fingerprint density at radius 1 is 1.14 bits per heavy atom. The van der Waals surface area contributed by atoms with Gasteiger partial charge in [-0.1, -0.05) is 36.4 Å². The van der Waals surface area contributed by atoms with Gasteiger partial charge in [-0.3, -0.25) is 4.90 Å². The summed E-state index contributed by atoms with van der Waals surface area (Å²) in [6, 6.07) is 16.6. The van der Waals surface area contributed by atoms with E-state index in [1.807, 2.05) is 24.3 Å². The second-order valence-corrected chi connectivity index (χ2v) is 7.29. The lowest BCUT2D eigenvalue weighted by molar-refractivity contribution is 0.0389. The Hall–Kier alpha value is -2.48. The van der Waals surface area contributed by atoms with Gasteiger partial charge in [0.15, 0.2) is 5.11 Å². The van der Waals surface area contributed by atoms with Gasteiger partial charge in [-0.05, 0) is 35.5 Å². The Morgan fingerprint density at radius 3 is 2.79 bits per heavy atom. The molecule has 1 fully saturated rings. The van der Waals surface area contributed by atoms with Crippen LogP contribution in [0.2, 0.25) is 0 Å². The lowest BCUT2D eigenvalue weighted by Gasteiger charge is -2.27. The van der Waals surface area contributed by atoms with Crippen molar-refractivity contribution in [2.45, 2.75) is 6.04 Å². The molecule has 6 nitrogen and oxygen atoms in total. The maximum absolute atomic E-state index is 5.59. The van der Waals surface area contributed by atoms with E-state index < -0.39 is 0 Å². The van der Waals surface area contributed by atoms with Gasteiger partial charge >= 0.3 is 0 Å². The Labute approximate surface area is 170 Å². The molecule has 1 aliphatic rings. The lowest BCUT2D eigenvalue weighted by atomic mass is 9.98. The number of ether oxygens (including phenoxy) is 1. The van der Waals surface area contributed by atoms with Crippen LogP contribution in [0.5, 0.6) is 0 Å². The molecular formula is C21H25N5OS. The SMILES string of the molecule is S=C(NCCN1CCOCC1)NC(c1ccccc1)c1ccc2nc[nH]c2c1. The molecule has 0 radical (unpaired) electrons. The molecular weight excluding hydrogens is 370 g/mol. The van der Waals surface area contributed by atoms with Crippen molar-refractivity contribution in [2.75, 3.05) is 39.4 Å². The first-order valence-corrected chi connectivity index (χ1v) is 10.0. The van der Waals surface area contributed by atoms with Crippen LogP contribution in [0, 0.1) is 0 Å². The topological polar surface area (TPSA) is 65.2 Å². The minimum Gasteiger partial charge on any atom is -0.379 e. The van der Waals surface area contributed by atoms with Crippen LogP contribution in [0.3, 0.4) is 0 Å². The monoisotopic (exact) mass is 395 g/mol. The summed E-state index contributed by atoms with van der Waals surface area (Å²) in [5.41, 5.74) is 4.28. The molecule has 4 rings (SSSR count). The summed E-state index contributed by atoms with van der Waals surface area (Å²) in [7, 11) is 0. The summed E-state index contributed by atoms with van der Waals surface area (Å²) in [4.78, 5) is 9.89. The number of morpholine rings is 1. The molecule has 1 unspecified atom stereocenters. The number of aromatic nitrogens is 2. The quantitative estimate of drug-likeness (QED) is 0.557. The van der Waals surface area contributed by atoms with Crippen molar-refractivity contribution in [1.29, 1.82) is 0 Å². The van der Waals surface area contributed by atoms with Crippen LogP contribution in [-0.2, 0) is 4.74 Å². The zero-order valence-corrected chi connectivity index (χ0v) is 16.5. The van der Waals surface area contributed by atoms with E-state index in [9.17, 15) is 0 Å². The number of thiocarbonyl (C=S) groups is 1. The minimum absolute atomic E-state index is 0.0303. The average molecular weight is 396 g/mol. The van der Waals surface area contributed by atoms with Gasteiger partial charge in [0.25, 0.3) is 0 Å². The van der Waals surface area contributed by atoms with E-state index in [0.29, 0.717) is 5.11 Å². The van der Waals surface area contributed by atoms with Crippen LogP contribution < -0.4 is 10.6 Å². The average Bonchev–Trinajstić information content (AvgIpc) is 3.21. The van der Waals surface area contributed by atoms with Crippen molar-refractivity contribution >= 4 is 28.4 Å². The number of nitrogens with zero attached hydrogens (tertiary/aromatic N) is 2. The third-order valence-electron chi connectivity index (χ3n) is 5.00. The first-order chi connectivity index (χ1) is 13.8. The van der Waals surface area contributed by atoms with Gasteiger partial charge in [-0.15, -0.1) is 0 Å². The van der Waals surface area contributed by atoms with E-state index in [4.69, 9.17) is 17.0 Å². The molecule has 7 heteroatoms. The predicted molar refractivity (Wildman–Crippen MR) is 115 cm³/mol. The fourth-order valence-corrected chi connectivity index (χ4v) is 3.69. The summed E-state index contributed by atoms with van der Waals surface area (Å²) in [5, 5.41) is 7.50. The van der Waals surface area contributed by atoms with Crippen LogP contribution in [-0.4, -0.2) is 59.4 Å². The van der Waals surface area contributed by atoms with Gasteiger partial charge in [0.05, 0.1) is 36.6 Å². The summed E-state index contributed by atoms with van der Waals surface area (Å²) in [5.74, 6) is 0. The van der Waals surface area contributed by atoms with E-state index in [-0.39, 0.29) is 6.04 Å². The Morgan fingerprint density at radius 2 is 1.96 bits per heavy atom. The smallest absolute Gasteiger partial charge is 0.167 e. The van der Waals surface area contributed by atoms with Crippen LogP contribution in [0.25, 0.3) is 11.0 Å². The molecule has 1 aliphatic heterocycles.